The van der Waals surface area contributed by atoms with Crippen molar-refractivity contribution in [1.82, 2.24) is 15.0 Å². The average molecular weight is 278 g/mol. The second-order valence-corrected chi connectivity index (χ2v) is 5.18. The van der Waals surface area contributed by atoms with E-state index in [0.717, 1.165) is 24.1 Å². The third kappa shape index (κ3) is 2.10. The van der Waals surface area contributed by atoms with Crippen LogP contribution in [-0.4, -0.2) is 26.1 Å². The fraction of sp³-hybridized carbons (Fsp3) is 0.308. The lowest BCUT2D eigenvalue weighted by Gasteiger charge is -2.09. The first-order valence-electron chi connectivity index (χ1n) is 6.03. The van der Waals surface area contributed by atoms with Gasteiger partial charge in [-0.2, -0.15) is 0 Å². The second kappa shape index (κ2) is 4.35. The Labute approximate surface area is 114 Å². The van der Waals surface area contributed by atoms with Gasteiger partial charge in [0.2, 0.25) is 0 Å². The molecule has 1 fully saturated rings. The second-order valence-electron chi connectivity index (χ2n) is 4.75. The maximum atomic E-state index is 11.2. The van der Waals surface area contributed by atoms with Crippen LogP contribution in [0.4, 0.5) is 0 Å². The van der Waals surface area contributed by atoms with Gasteiger partial charge in [0.25, 0.3) is 0 Å². The van der Waals surface area contributed by atoms with E-state index in [1.54, 1.807) is 16.8 Å². The van der Waals surface area contributed by atoms with E-state index in [9.17, 15) is 9.90 Å². The van der Waals surface area contributed by atoms with Crippen molar-refractivity contribution < 1.29 is 9.90 Å². The number of halogens is 1. The first-order valence-corrected chi connectivity index (χ1v) is 6.41. The summed E-state index contributed by atoms with van der Waals surface area (Å²) in [6.07, 6.45) is 1.96. The summed E-state index contributed by atoms with van der Waals surface area (Å²) in [4.78, 5) is 11.2. The van der Waals surface area contributed by atoms with Crippen molar-refractivity contribution in [2.45, 2.75) is 25.7 Å². The van der Waals surface area contributed by atoms with Crippen LogP contribution in [0, 0.1) is 6.92 Å². The van der Waals surface area contributed by atoms with E-state index in [2.05, 4.69) is 10.3 Å². The molecule has 0 spiro atoms. The van der Waals surface area contributed by atoms with Crippen molar-refractivity contribution in [1.29, 1.82) is 0 Å². The Morgan fingerprint density at radius 2 is 2.21 bits per heavy atom. The predicted octanol–water partition coefficient (Wildman–Crippen LogP) is 2.80. The van der Waals surface area contributed by atoms with Crippen LogP contribution in [0.5, 0.6) is 0 Å². The van der Waals surface area contributed by atoms with Gasteiger partial charge in [-0.3, -0.25) is 0 Å². The van der Waals surface area contributed by atoms with Gasteiger partial charge in [0.15, 0.2) is 5.69 Å². The van der Waals surface area contributed by atoms with Crippen LogP contribution in [0.2, 0.25) is 5.02 Å². The van der Waals surface area contributed by atoms with Gasteiger partial charge in [-0.25, -0.2) is 9.48 Å². The molecular weight excluding hydrogens is 266 g/mol. The normalized spacial score (nSPS) is 14.6. The van der Waals surface area contributed by atoms with Crippen molar-refractivity contribution in [3.8, 4) is 5.69 Å². The summed E-state index contributed by atoms with van der Waals surface area (Å²) in [5, 5.41) is 17.6. The molecule has 1 aromatic heterocycles. The minimum atomic E-state index is -1.03. The number of carbonyl (C=O) groups is 1. The summed E-state index contributed by atoms with van der Waals surface area (Å²) in [7, 11) is 0. The van der Waals surface area contributed by atoms with Gasteiger partial charge in [-0.15, -0.1) is 5.10 Å². The highest BCUT2D eigenvalue weighted by molar-refractivity contribution is 6.30. The monoisotopic (exact) mass is 277 g/mol. The molecule has 0 radical (unpaired) electrons. The topological polar surface area (TPSA) is 68.0 Å². The van der Waals surface area contributed by atoms with E-state index < -0.39 is 5.97 Å². The van der Waals surface area contributed by atoms with Crippen LogP contribution in [0.25, 0.3) is 5.69 Å². The average Bonchev–Trinajstić information content (AvgIpc) is 3.11. The fourth-order valence-corrected chi connectivity index (χ4v) is 2.32. The molecule has 0 saturated heterocycles. The molecular formula is C13H12ClN3O2. The van der Waals surface area contributed by atoms with E-state index >= 15 is 0 Å². The van der Waals surface area contributed by atoms with Gasteiger partial charge in [0.1, 0.15) is 0 Å². The van der Waals surface area contributed by atoms with Gasteiger partial charge >= 0.3 is 5.97 Å². The van der Waals surface area contributed by atoms with E-state index in [0.29, 0.717) is 10.7 Å². The molecule has 98 valence electrons. The van der Waals surface area contributed by atoms with E-state index in [-0.39, 0.29) is 11.6 Å². The lowest BCUT2D eigenvalue weighted by molar-refractivity contribution is 0.0689. The standard InChI is InChI=1S/C13H12ClN3O2/c1-7-2-5-9(14)6-10(7)17-12(8-3-4-8)11(13(18)19)15-16-17/h2,5-6,8H,3-4H2,1H3,(H,18,19). The molecule has 1 saturated carbocycles. The number of aryl methyl sites for hydroxylation is 1. The molecule has 1 N–H and O–H groups in total. The molecule has 6 heteroatoms. The van der Waals surface area contributed by atoms with Crippen molar-refractivity contribution in [3.05, 3.63) is 40.2 Å². The number of nitrogens with zero attached hydrogens (tertiary/aromatic N) is 3. The third-order valence-corrected chi connectivity index (χ3v) is 3.51. The van der Waals surface area contributed by atoms with Crippen molar-refractivity contribution in [3.63, 3.8) is 0 Å². The molecule has 2 aromatic rings. The van der Waals surface area contributed by atoms with Crippen LogP contribution >= 0.6 is 11.6 Å². The van der Waals surface area contributed by atoms with Gasteiger partial charge < -0.3 is 5.11 Å². The highest BCUT2D eigenvalue weighted by Crippen LogP contribution is 2.42. The minimum Gasteiger partial charge on any atom is -0.476 e. The number of aromatic nitrogens is 3. The zero-order valence-electron chi connectivity index (χ0n) is 10.3. The Hall–Kier alpha value is -1.88. The molecule has 1 aliphatic carbocycles. The molecule has 1 aromatic carbocycles. The summed E-state index contributed by atoms with van der Waals surface area (Å²) in [5.74, 6) is -0.799. The quantitative estimate of drug-likeness (QED) is 0.937. The highest BCUT2D eigenvalue weighted by atomic mass is 35.5. The summed E-state index contributed by atoms with van der Waals surface area (Å²) in [6.45, 7) is 1.93. The molecule has 0 bridgehead atoms. The van der Waals surface area contributed by atoms with Gasteiger partial charge in [0.05, 0.1) is 11.4 Å². The zero-order valence-corrected chi connectivity index (χ0v) is 11.1. The first kappa shape index (κ1) is 12.2. The molecule has 19 heavy (non-hydrogen) atoms. The predicted molar refractivity (Wildman–Crippen MR) is 70.0 cm³/mol. The Morgan fingerprint density at radius 3 is 2.84 bits per heavy atom. The molecule has 0 atom stereocenters. The summed E-state index contributed by atoms with van der Waals surface area (Å²) in [5.41, 5.74) is 2.49. The van der Waals surface area contributed by atoms with Crippen molar-refractivity contribution >= 4 is 17.6 Å². The van der Waals surface area contributed by atoms with Crippen molar-refractivity contribution in [2.24, 2.45) is 0 Å². The number of hydrogen-bond donors (Lipinski definition) is 1. The van der Waals surface area contributed by atoms with Crippen LogP contribution < -0.4 is 0 Å². The van der Waals surface area contributed by atoms with Gasteiger partial charge in [-0.1, -0.05) is 22.9 Å². The maximum absolute atomic E-state index is 11.2. The number of aromatic carboxylic acids is 1. The Balaban J connectivity index is 2.20. The largest absolute Gasteiger partial charge is 0.476 e. The molecule has 1 aliphatic rings. The number of carboxylic acid groups (broad SMARTS) is 1. The van der Waals surface area contributed by atoms with Gasteiger partial charge in [-0.05, 0) is 37.5 Å². The zero-order chi connectivity index (χ0) is 13.6. The smallest absolute Gasteiger partial charge is 0.358 e. The third-order valence-electron chi connectivity index (χ3n) is 3.27. The minimum absolute atomic E-state index is 0.0434. The SMILES string of the molecule is Cc1ccc(Cl)cc1-n1nnc(C(=O)O)c1C1CC1. The Bertz CT molecular complexity index is 662. The molecule has 0 unspecified atom stereocenters. The van der Waals surface area contributed by atoms with E-state index in [1.807, 2.05) is 13.0 Å². The molecule has 1 heterocycles. The Morgan fingerprint density at radius 1 is 1.47 bits per heavy atom. The van der Waals surface area contributed by atoms with Crippen LogP contribution in [0.15, 0.2) is 18.2 Å². The van der Waals surface area contributed by atoms with Crippen LogP contribution in [-0.2, 0) is 0 Å². The number of carboxylic acids is 1. The number of benzene rings is 1. The molecule has 3 rings (SSSR count). The van der Waals surface area contributed by atoms with Crippen molar-refractivity contribution in [2.75, 3.05) is 0 Å². The van der Waals surface area contributed by atoms with E-state index in [4.69, 9.17) is 11.6 Å². The van der Waals surface area contributed by atoms with Crippen LogP contribution in [0.1, 0.15) is 40.5 Å². The summed E-state index contributed by atoms with van der Waals surface area (Å²) in [6, 6.07) is 5.46. The molecule has 0 amide bonds. The van der Waals surface area contributed by atoms with Gasteiger partial charge in [0, 0.05) is 10.9 Å². The highest BCUT2D eigenvalue weighted by Gasteiger charge is 2.34. The van der Waals surface area contributed by atoms with E-state index in [1.165, 1.54) is 0 Å². The first-order chi connectivity index (χ1) is 9.08. The molecule has 0 aliphatic heterocycles. The lowest BCUT2D eigenvalue weighted by Crippen LogP contribution is -2.07. The summed E-state index contributed by atoms with van der Waals surface area (Å²) >= 11 is 6.01. The lowest BCUT2D eigenvalue weighted by atomic mass is 10.1. The van der Waals surface area contributed by atoms with Crippen LogP contribution in [0.3, 0.4) is 0 Å². The fourth-order valence-electron chi connectivity index (χ4n) is 2.15. The molecule has 5 nitrogen and oxygen atoms in total. The Kier molecular flexibility index (Phi) is 2.78. The maximum Gasteiger partial charge on any atom is 0.358 e. The number of hydrogen-bond acceptors (Lipinski definition) is 3. The summed E-state index contributed by atoms with van der Waals surface area (Å²) < 4.78 is 1.61. The number of rotatable bonds is 3.